The summed E-state index contributed by atoms with van der Waals surface area (Å²) < 4.78 is 0. The Morgan fingerprint density at radius 1 is 1.00 bits per heavy atom. The van der Waals surface area contributed by atoms with Crippen molar-refractivity contribution in [2.24, 2.45) is 0 Å². The lowest BCUT2D eigenvalue weighted by Gasteiger charge is -2.30. The molecule has 28 heavy (non-hydrogen) atoms. The van der Waals surface area contributed by atoms with E-state index in [0.29, 0.717) is 15.6 Å². The topological polar surface area (TPSA) is 49.4 Å². The van der Waals surface area contributed by atoms with Gasteiger partial charge in [-0.15, -0.1) is 0 Å². The van der Waals surface area contributed by atoms with Gasteiger partial charge in [-0.1, -0.05) is 53.5 Å². The number of nitrogens with one attached hydrogen (secondary N) is 1. The first-order valence-corrected chi connectivity index (χ1v) is 10.0. The molecule has 2 rings (SSSR count). The second-order valence-corrected chi connectivity index (χ2v) is 7.98. The average Bonchev–Trinajstić information content (AvgIpc) is 2.62. The van der Waals surface area contributed by atoms with Gasteiger partial charge in [-0.05, 0) is 51.0 Å². The lowest BCUT2D eigenvalue weighted by Crippen LogP contribution is -2.49. The molecule has 0 fully saturated rings. The van der Waals surface area contributed by atoms with Gasteiger partial charge in [0.25, 0.3) is 0 Å². The van der Waals surface area contributed by atoms with E-state index in [4.69, 9.17) is 23.2 Å². The highest BCUT2D eigenvalue weighted by atomic mass is 35.5. The third-order valence-corrected chi connectivity index (χ3v) is 5.30. The number of aryl methyl sites for hydroxylation is 1. The summed E-state index contributed by atoms with van der Waals surface area (Å²) in [6.07, 6.45) is 0.202. The largest absolute Gasteiger partial charge is 0.352 e. The minimum atomic E-state index is -0.661. The smallest absolute Gasteiger partial charge is 0.242 e. The molecule has 0 heterocycles. The fourth-order valence-corrected chi connectivity index (χ4v) is 3.43. The maximum absolute atomic E-state index is 13.2. The van der Waals surface area contributed by atoms with Gasteiger partial charge in [0.15, 0.2) is 0 Å². The number of benzene rings is 2. The van der Waals surface area contributed by atoms with Crippen LogP contribution in [-0.2, 0) is 22.6 Å². The second kappa shape index (κ2) is 9.94. The van der Waals surface area contributed by atoms with Crippen LogP contribution < -0.4 is 5.32 Å². The molecule has 0 aliphatic carbocycles. The molecule has 0 spiro atoms. The second-order valence-electron chi connectivity index (χ2n) is 7.16. The third-order valence-electron chi connectivity index (χ3n) is 4.59. The molecule has 2 aromatic carbocycles. The van der Waals surface area contributed by atoms with Crippen molar-refractivity contribution in [2.75, 3.05) is 0 Å². The number of carbonyl (C=O) groups is 2. The number of carbonyl (C=O) groups excluding carboxylic acids is 2. The van der Waals surface area contributed by atoms with Gasteiger partial charge in [-0.25, -0.2) is 0 Å². The molecule has 0 aliphatic heterocycles. The van der Waals surface area contributed by atoms with E-state index in [2.05, 4.69) is 5.32 Å². The van der Waals surface area contributed by atoms with E-state index in [9.17, 15) is 9.59 Å². The summed E-state index contributed by atoms with van der Waals surface area (Å²) >= 11 is 12.6. The standard InChI is InChI=1S/C22H26Cl2N2O2/c1-14(2)25-22(28)16(4)26(13-18-19(23)10-7-11-20(18)24)21(27)12-17-9-6-5-8-15(17)3/h5-11,14,16H,12-13H2,1-4H3,(H,25,28)/t16-/m0/s1. The molecule has 0 unspecified atom stereocenters. The van der Waals surface area contributed by atoms with Gasteiger partial charge in [-0.2, -0.15) is 0 Å². The number of amides is 2. The predicted molar refractivity (Wildman–Crippen MR) is 115 cm³/mol. The van der Waals surface area contributed by atoms with Crippen molar-refractivity contribution in [3.05, 3.63) is 69.2 Å². The van der Waals surface area contributed by atoms with Crippen molar-refractivity contribution in [1.29, 1.82) is 0 Å². The number of hydrogen-bond donors (Lipinski definition) is 1. The zero-order valence-corrected chi connectivity index (χ0v) is 18.1. The van der Waals surface area contributed by atoms with E-state index in [1.807, 2.05) is 45.0 Å². The molecule has 0 bridgehead atoms. The average molecular weight is 421 g/mol. The van der Waals surface area contributed by atoms with Crippen molar-refractivity contribution >= 4 is 35.0 Å². The molecule has 4 nitrogen and oxygen atoms in total. The van der Waals surface area contributed by atoms with Crippen LogP contribution in [0.1, 0.15) is 37.5 Å². The Bertz CT molecular complexity index is 832. The zero-order chi connectivity index (χ0) is 20.8. The van der Waals surface area contributed by atoms with Gasteiger partial charge in [0.1, 0.15) is 6.04 Å². The molecule has 1 atom stereocenters. The summed E-state index contributed by atoms with van der Waals surface area (Å²) in [6, 6.07) is 12.3. The van der Waals surface area contributed by atoms with Crippen molar-refractivity contribution in [3.8, 4) is 0 Å². The lowest BCUT2D eigenvalue weighted by atomic mass is 10.0. The SMILES string of the molecule is Cc1ccccc1CC(=O)N(Cc1c(Cl)cccc1Cl)[C@@H](C)C(=O)NC(C)C. The quantitative estimate of drug-likeness (QED) is 0.699. The number of hydrogen-bond acceptors (Lipinski definition) is 2. The van der Waals surface area contributed by atoms with Gasteiger partial charge >= 0.3 is 0 Å². The number of halogens is 2. The molecular formula is C22H26Cl2N2O2. The highest BCUT2D eigenvalue weighted by Crippen LogP contribution is 2.27. The molecule has 0 radical (unpaired) electrons. The molecule has 150 valence electrons. The first-order chi connectivity index (χ1) is 13.2. The number of nitrogens with zero attached hydrogens (tertiary/aromatic N) is 1. The fraction of sp³-hybridized carbons (Fsp3) is 0.364. The Morgan fingerprint density at radius 3 is 2.18 bits per heavy atom. The molecule has 0 aliphatic rings. The predicted octanol–water partition coefficient (Wildman–Crippen LogP) is 4.79. The maximum Gasteiger partial charge on any atom is 0.242 e. The van der Waals surface area contributed by atoms with Crippen LogP contribution in [0, 0.1) is 6.92 Å². The summed E-state index contributed by atoms with van der Waals surface area (Å²) in [4.78, 5) is 27.3. The van der Waals surface area contributed by atoms with Gasteiger partial charge in [0.2, 0.25) is 11.8 Å². The van der Waals surface area contributed by atoms with Gasteiger partial charge in [0, 0.05) is 28.2 Å². The van der Waals surface area contributed by atoms with E-state index in [-0.39, 0.29) is 30.8 Å². The van der Waals surface area contributed by atoms with E-state index in [0.717, 1.165) is 11.1 Å². The van der Waals surface area contributed by atoms with Gasteiger partial charge in [-0.3, -0.25) is 9.59 Å². The molecule has 2 amide bonds. The van der Waals surface area contributed by atoms with E-state index >= 15 is 0 Å². The fourth-order valence-electron chi connectivity index (χ4n) is 2.91. The van der Waals surface area contributed by atoms with Crippen molar-refractivity contribution in [3.63, 3.8) is 0 Å². The van der Waals surface area contributed by atoms with E-state index in [1.54, 1.807) is 25.1 Å². The van der Waals surface area contributed by atoms with Crippen LogP contribution in [0.5, 0.6) is 0 Å². The Labute approximate surface area is 176 Å². The van der Waals surface area contributed by atoms with Crippen molar-refractivity contribution in [2.45, 2.75) is 52.7 Å². The zero-order valence-electron chi connectivity index (χ0n) is 16.6. The normalized spacial score (nSPS) is 12.0. The summed E-state index contributed by atoms with van der Waals surface area (Å²) in [7, 11) is 0. The van der Waals surface area contributed by atoms with Crippen LogP contribution in [0.15, 0.2) is 42.5 Å². The Morgan fingerprint density at radius 2 is 1.61 bits per heavy atom. The number of rotatable bonds is 7. The van der Waals surface area contributed by atoms with Crippen LogP contribution in [0.25, 0.3) is 0 Å². The molecule has 0 aromatic heterocycles. The van der Waals surface area contributed by atoms with Crippen LogP contribution in [0.4, 0.5) is 0 Å². The Balaban J connectivity index is 2.33. The first-order valence-electron chi connectivity index (χ1n) is 9.28. The van der Waals surface area contributed by atoms with Crippen LogP contribution in [-0.4, -0.2) is 28.8 Å². The van der Waals surface area contributed by atoms with E-state index < -0.39 is 6.04 Å². The van der Waals surface area contributed by atoms with E-state index in [1.165, 1.54) is 4.90 Å². The highest BCUT2D eigenvalue weighted by Gasteiger charge is 2.28. The summed E-state index contributed by atoms with van der Waals surface area (Å²) in [6.45, 7) is 7.62. The monoisotopic (exact) mass is 420 g/mol. The molecular weight excluding hydrogens is 395 g/mol. The summed E-state index contributed by atoms with van der Waals surface area (Å²) in [5.74, 6) is -0.368. The van der Waals surface area contributed by atoms with Crippen LogP contribution >= 0.6 is 23.2 Å². The minimum absolute atomic E-state index is 0.0211. The lowest BCUT2D eigenvalue weighted by molar-refractivity contribution is -0.140. The molecule has 1 N–H and O–H groups in total. The first kappa shape index (κ1) is 22.3. The van der Waals surface area contributed by atoms with Gasteiger partial charge < -0.3 is 10.2 Å². The maximum atomic E-state index is 13.2. The third kappa shape index (κ3) is 5.73. The van der Waals surface area contributed by atoms with Crippen LogP contribution in [0.3, 0.4) is 0 Å². The van der Waals surface area contributed by atoms with Crippen molar-refractivity contribution < 1.29 is 9.59 Å². The Kier molecular flexibility index (Phi) is 7.90. The van der Waals surface area contributed by atoms with Crippen molar-refractivity contribution in [1.82, 2.24) is 10.2 Å². The van der Waals surface area contributed by atoms with Crippen LogP contribution in [0.2, 0.25) is 10.0 Å². The summed E-state index contributed by atoms with van der Waals surface area (Å²) in [5, 5.41) is 3.81. The van der Waals surface area contributed by atoms with Gasteiger partial charge in [0.05, 0.1) is 6.42 Å². The Hall–Kier alpha value is -2.04. The molecule has 6 heteroatoms. The molecule has 0 saturated carbocycles. The minimum Gasteiger partial charge on any atom is -0.352 e. The highest BCUT2D eigenvalue weighted by molar-refractivity contribution is 6.36. The summed E-state index contributed by atoms with van der Waals surface area (Å²) in [5.41, 5.74) is 2.60. The molecule has 0 saturated heterocycles. The molecule has 2 aromatic rings.